The van der Waals surface area contributed by atoms with E-state index in [2.05, 4.69) is 15.1 Å². The average Bonchev–Trinajstić information content (AvgIpc) is 3.12. The molecule has 140 valence electrons. The number of nitrogens with one attached hydrogen (secondary N) is 1. The first-order chi connectivity index (χ1) is 13.2. The zero-order valence-electron chi connectivity index (χ0n) is 15.3. The lowest BCUT2D eigenvalue weighted by molar-refractivity contribution is -0.134. The molecular formula is C21H23N3O3. The lowest BCUT2D eigenvalue weighted by Gasteiger charge is -2.28. The number of benzene rings is 1. The summed E-state index contributed by atoms with van der Waals surface area (Å²) >= 11 is 0. The molecular weight excluding hydrogens is 342 g/mol. The number of hydrogen-bond donors (Lipinski definition) is 1. The Labute approximate surface area is 157 Å². The van der Waals surface area contributed by atoms with Crippen LogP contribution in [0.4, 0.5) is 0 Å². The minimum Gasteiger partial charge on any atom is -0.454 e. The predicted octanol–water partition coefficient (Wildman–Crippen LogP) is 3.27. The summed E-state index contributed by atoms with van der Waals surface area (Å²) in [7, 11) is 0. The highest BCUT2D eigenvalue weighted by atomic mass is 16.7. The summed E-state index contributed by atoms with van der Waals surface area (Å²) in [6.45, 7) is 1.71. The van der Waals surface area contributed by atoms with E-state index in [1.807, 2.05) is 18.2 Å². The summed E-state index contributed by atoms with van der Waals surface area (Å²) in [5.74, 6) is 2.16. The van der Waals surface area contributed by atoms with Crippen molar-refractivity contribution < 1.29 is 14.3 Å². The largest absolute Gasteiger partial charge is 0.454 e. The highest BCUT2D eigenvalue weighted by Crippen LogP contribution is 2.63. The van der Waals surface area contributed by atoms with Crippen LogP contribution in [0.2, 0.25) is 0 Å². The zero-order valence-corrected chi connectivity index (χ0v) is 15.3. The van der Waals surface area contributed by atoms with Gasteiger partial charge in [-0.1, -0.05) is 12.8 Å². The number of carbonyl (C=O) groups is 1. The van der Waals surface area contributed by atoms with E-state index in [0.717, 1.165) is 53.4 Å². The summed E-state index contributed by atoms with van der Waals surface area (Å²) in [6.07, 6.45) is 7.04. The number of fused-ring (bicyclic) bond motifs is 2. The molecule has 1 N–H and O–H groups in total. The fourth-order valence-electron chi connectivity index (χ4n) is 5.31. The SMILES string of the molecule is O=C(C1CC12CCCC2)N1CCc2[nH]nc(-c3ccc4c(c3)OCO4)c2C1. The molecule has 4 aliphatic rings. The number of aromatic amines is 1. The first-order valence-electron chi connectivity index (χ1n) is 9.98. The Morgan fingerprint density at radius 3 is 2.96 bits per heavy atom. The molecule has 0 radical (unpaired) electrons. The summed E-state index contributed by atoms with van der Waals surface area (Å²) in [5.41, 5.74) is 4.58. The molecule has 1 spiro atoms. The van der Waals surface area contributed by atoms with Crippen molar-refractivity contribution in [2.24, 2.45) is 11.3 Å². The van der Waals surface area contributed by atoms with Crippen LogP contribution < -0.4 is 9.47 Å². The van der Waals surface area contributed by atoms with Crippen molar-refractivity contribution in [2.45, 2.75) is 45.1 Å². The molecule has 1 amide bonds. The van der Waals surface area contributed by atoms with Gasteiger partial charge in [-0.05, 0) is 42.9 Å². The second-order valence-electron chi connectivity index (χ2n) is 8.43. The molecule has 2 aliphatic carbocycles. The van der Waals surface area contributed by atoms with E-state index in [-0.39, 0.29) is 12.7 Å². The van der Waals surface area contributed by atoms with Crippen LogP contribution in [0.1, 0.15) is 43.4 Å². The highest BCUT2D eigenvalue weighted by molar-refractivity contribution is 5.83. The van der Waals surface area contributed by atoms with Crippen molar-refractivity contribution in [3.63, 3.8) is 0 Å². The quantitative estimate of drug-likeness (QED) is 0.887. The highest BCUT2D eigenvalue weighted by Gasteiger charge is 2.59. The van der Waals surface area contributed by atoms with Crippen molar-refractivity contribution in [2.75, 3.05) is 13.3 Å². The molecule has 0 bridgehead atoms. The molecule has 2 aromatic rings. The number of ether oxygens (including phenoxy) is 2. The van der Waals surface area contributed by atoms with Gasteiger partial charge in [0.2, 0.25) is 12.7 Å². The van der Waals surface area contributed by atoms with Crippen molar-refractivity contribution in [1.29, 1.82) is 0 Å². The first kappa shape index (κ1) is 15.5. The summed E-state index contributed by atoms with van der Waals surface area (Å²) in [4.78, 5) is 15.2. The lowest BCUT2D eigenvalue weighted by atomic mass is 9.98. The second kappa shape index (κ2) is 5.50. The first-order valence-corrected chi connectivity index (χ1v) is 9.98. The third kappa shape index (κ3) is 2.32. The smallest absolute Gasteiger partial charge is 0.231 e. The maximum absolute atomic E-state index is 13.1. The van der Waals surface area contributed by atoms with E-state index in [1.54, 1.807) is 0 Å². The van der Waals surface area contributed by atoms with Crippen LogP contribution in [0.15, 0.2) is 18.2 Å². The van der Waals surface area contributed by atoms with E-state index in [4.69, 9.17) is 9.47 Å². The fraction of sp³-hybridized carbons (Fsp3) is 0.524. The molecule has 2 fully saturated rings. The number of amides is 1. The van der Waals surface area contributed by atoms with Gasteiger partial charge in [0, 0.05) is 42.2 Å². The van der Waals surface area contributed by atoms with Crippen LogP contribution in [0, 0.1) is 11.3 Å². The molecule has 2 saturated carbocycles. The number of rotatable bonds is 2. The van der Waals surface area contributed by atoms with Crippen LogP contribution in [-0.2, 0) is 17.8 Å². The lowest BCUT2D eigenvalue weighted by Crippen LogP contribution is -2.37. The Morgan fingerprint density at radius 2 is 2.07 bits per heavy atom. The van der Waals surface area contributed by atoms with Gasteiger partial charge >= 0.3 is 0 Å². The summed E-state index contributed by atoms with van der Waals surface area (Å²) in [6, 6.07) is 5.92. The normalized spacial score (nSPS) is 24.3. The summed E-state index contributed by atoms with van der Waals surface area (Å²) < 4.78 is 10.9. The van der Waals surface area contributed by atoms with E-state index in [0.29, 0.717) is 17.9 Å². The minimum absolute atomic E-state index is 0.266. The number of nitrogens with zero attached hydrogens (tertiary/aromatic N) is 2. The van der Waals surface area contributed by atoms with Crippen LogP contribution in [0.5, 0.6) is 11.5 Å². The van der Waals surface area contributed by atoms with Gasteiger partial charge in [-0.15, -0.1) is 0 Å². The third-order valence-corrected chi connectivity index (χ3v) is 6.98. The van der Waals surface area contributed by atoms with Crippen LogP contribution >= 0.6 is 0 Å². The van der Waals surface area contributed by atoms with Gasteiger partial charge in [0.1, 0.15) is 0 Å². The molecule has 1 aromatic heterocycles. The van der Waals surface area contributed by atoms with Gasteiger partial charge in [-0.25, -0.2) is 0 Å². The fourth-order valence-corrected chi connectivity index (χ4v) is 5.31. The monoisotopic (exact) mass is 365 g/mol. The number of carbonyl (C=O) groups excluding carboxylic acids is 1. The molecule has 6 rings (SSSR count). The van der Waals surface area contributed by atoms with Crippen molar-refractivity contribution in [1.82, 2.24) is 15.1 Å². The Hall–Kier alpha value is -2.50. The standard InChI is InChI=1S/C21H23N3O3/c25-20(15-10-21(15)6-1-2-7-21)24-8-5-16-14(11-24)19(23-22-16)13-3-4-17-18(9-13)27-12-26-17/h3-4,9,15H,1-2,5-8,10-12H2,(H,22,23). The number of aromatic nitrogens is 2. The molecule has 1 unspecified atom stereocenters. The molecule has 1 atom stereocenters. The Balaban J connectivity index is 1.27. The van der Waals surface area contributed by atoms with Crippen LogP contribution in [0.3, 0.4) is 0 Å². The molecule has 6 heteroatoms. The van der Waals surface area contributed by atoms with Crippen LogP contribution in [0.25, 0.3) is 11.3 Å². The molecule has 6 nitrogen and oxygen atoms in total. The van der Waals surface area contributed by atoms with E-state index >= 15 is 0 Å². The van der Waals surface area contributed by atoms with Gasteiger partial charge in [0.05, 0.1) is 5.69 Å². The van der Waals surface area contributed by atoms with E-state index in [1.165, 1.54) is 25.7 Å². The molecule has 27 heavy (non-hydrogen) atoms. The Kier molecular flexibility index (Phi) is 3.17. The van der Waals surface area contributed by atoms with Gasteiger partial charge in [0.15, 0.2) is 11.5 Å². The minimum atomic E-state index is 0.266. The third-order valence-electron chi connectivity index (χ3n) is 6.98. The van der Waals surface area contributed by atoms with Gasteiger partial charge < -0.3 is 14.4 Å². The van der Waals surface area contributed by atoms with Gasteiger partial charge in [0.25, 0.3) is 0 Å². The predicted molar refractivity (Wildman–Crippen MR) is 98.3 cm³/mol. The second-order valence-corrected chi connectivity index (χ2v) is 8.43. The van der Waals surface area contributed by atoms with Crippen molar-refractivity contribution >= 4 is 5.91 Å². The van der Waals surface area contributed by atoms with E-state index < -0.39 is 0 Å². The van der Waals surface area contributed by atoms with Crippen molar-refractivity contribution in [3.05, 3.63) is 29.5 Å². The number of hydrogen-bond acceptors (Lipinski definition) is 4. The van der Waals surface area contributed by atoms with Gasteiger partial charge in [-0.3, -0.25) is 9.89 Å². The zero-order chi connectivity index (χ0) is 18.0. The van der Waals surface area contributed by atoms with Gasteiger partial charge in [-0.2, -0.15) is 5.10 Å². The topological polar surface area (TPSA) is 67.5 Å². The average molecular weight is 365 g/mol. The van der Waals surface area contributed by atoms with E-state index in [9.17, 15) is 4.79 Å². The molecule has 2 aliphatic heterocycles. The van der Waals surface area contributed by atoms with Crippen LogP contribution in [-0.4, -0.2) is 34.3 Å². The Bertz CT molecular complexity index is 929. The number of H-pyrrole nitrogens is 1. The van der Waals surface area contributed by atoms with Crippen molar-refractivity contribution in [3.8, 4) is 22.8 Å². The Morgan fingerprint density at radius 1 is 1.22 bits per heavy atom. The molecule has 1 aromatic carbocycles. The molecule has 3 heterocycles. The summed E-state index contributed by atoms with van der Waals surface area (Å²) in [5, 5.41) is 7.74. The molecule has 0 saturated heterocycles. The maximum atomic E-state index is 13.1. The maximum Gasteiger partial charge on any atom is 0.231 e.